The van der Waals surface area contributed by atoms with Gasteiger partial charge < -0.3 is 9.32 Å². The number of para-hydroxylation sites is 2. The van der Waals surface area contributed by atoms with E-state index in [2.05, 4.69) is 254 Å². The van der Waals surface area contributed by atoms with E-state index < -0.39 is 0 Å². The SMILES string of the molecule is c1ccc(-c2ccc(-c3ccc(N(c4ccc(-c5cccc(-c6oc7ccccc7c6-c6ccccc6)c5)cc4)c4ccccc4-c4ccc(-c5ccccc5)cc4)cc3)cc2)cc1. The van der Waals surface area contributed by atoms with Crippen molar-refractivity contribution >= 4 is 28.0 Å². The molecular formula is C62H43NO. The van der Waals surface area contributed by atoms with Gasteiger partial charge in [0, 0.05) is 33.5 Å². The van der Waals surface area contributed by atoms with Crippen LogP contribution in [0.3, 0.4) is 0 Å². The number of fused-ring (bicyclic) bond motifs is 1. The van der Waals surface area contributed by atoms with Gasteiger partial charge in [0.05, 0.1) is 5.69 Å². The predicted octanol–water partition coefficient (Wildman–Crippen LogP) is 17.6. The van der Waals surface area contributed by atoms with Crippen LogP contribution in [0.25, 0.3) is 89.1 Å². The molecule has 0 atom stereocenters. The molecule has 0 amide bonds. The summed E-state index contributed by atoms with van der Waals surface area (Å²) in [7, 11) is 0. The molecule has 0 fully saturated rings. The second-order valence-corrected chi connectivity index (χ2v) is 16.1. The highest BCUT2D eigenvalue weighted by atomic mass is 16.3. The van der Waals surface area contributed by atoms with Gasteiger partial charge in [-0.2, -0.15) is 0 Å². The number of benzene rings is 10. The van der Waals surface area contributed by atoms with Crippen molar-refractivity contribution in [2.45, 2.75) is 0 Å². The average Bonchev–Trinajstić information content (AvgIpc) is 3.78. The fourth-order valence-corrected chi connectivity index (χ4v) is 8.88. The second kappa shape index (κ2) is 17.1. The van der Waals surface area contributed by atoms with Crippen LogP contribution in [-0.2, 0) is 0 Å². The van der Waals surface area contributed by atoms with E-state index in [1.165, 1.54) is 33.4 Å². The molecule has 1 heterocycles. The van der Waals surface area contributed by atoms with Gasteiger partial charge in [0.25, 0.3) is 0 Å². The van der Waals surface area contributed by atoms with E-state index >= 15 is 0 Å². The fraction of sp³-hybridized carbons (Fsp3) is 0. The molecule has 0 aliphatic heterocycles. The minimum absolute atomic E-state index is 0.876. The summed E-state index contributed by atoms with van der Waals surface area (Å²) in [6, 6.07) is 93.0. The smallest absolute Gasteiger partial charge is 0.143 e. The first-order chi connectivity index (χ1) is 31.7. The molecule has 0 aliphatic carbocycles. The van der Waals surface area contributed by atoms with E-state index in [0.29, 0.717) is 0 Å². The third-order valence-electron chi connectivity index (χ3n) is 12.1. The molecule has 302 valence electrons. The highest BCUT2D eigenvalue weighted by Crippen LogP contribution is 2.44. The normalized spacial score (nSPS) is 11.1. The lowest BCUT2D eigenvalue weighted by Gasteiger charge is -2.28. The molecular weight excluding hydrogens is 775 g/mol. The first-order valence-electron chi connectivity index (χ1n) is 21.8. The Morgan fingerprint density at radius 2 is 0.656 bits per heavy atom. The van der Waals surface area contributed by atoms with E-state index in [0.717, 1.165) is 72.7 Å². The van der Waals surface area contributed by atoms with Gasteiger partial charge in [-0.15, -0.1) is 0 Å². The Morgan fingerprint density at radius 3 is 1.22 bits per heavy atom. The van der Waals surface area contributed by atoms with Crippen LogP contribution in [0.15, 0.2) is 265 Å². The first kappa shape index (κ1) is 38.5. The highest BCUT2D eigenvalue weighted by Gasteiger charge is 2.20. The predicted molar refractivity (Wildman–Crippen MR) is 269 cm³/mol. The molecule has 0 N–H and O–H groups in total. The van der Waals surface area contributed by atoms with Crippen LogP contribution in [0.1, 0.15) is 0 Å². The molecule has 0 unspecified atom stereocenters. The second-order valence-electron chi connectivity index (χ2n) is 16.1. The molecule has 2 heteroatoms. The summed E-state index contributed by atoms with van der Waals surface area (Å²) in [5, 5.41) is 1.11. The van der Waals surface area contributed by atoms with Crippen molar-refractivity contribution in [2.24, 2.45) is 0 Å². The number of hydrogen-bond donors (Lipinski definition) is 0. The zero-order chi connectivity index (χ0) is 42.7. The number of nitrogens with zero attached hydrogens (tertiary/aromatic N) is 1. The Hall–Kier alpha value is -8.46. The van der Waals surface area contributed by atoms with Crippen LogP contribution in [0.5, 0.6) is 0 Å². The van der Waals surface area contributed by atoms with E-state index in [-0.39, 0.29) is 0 Å². The van der Waals surface area contributed by atoms with Crippen molar-refractivity contribution in [3.63, 3.8) is 0 Å². The summed E-state index contributed by atoms with van der Waals surface area (Å²) in [6.45, 7) is 0. The Balaban J connectivity index is 0.966. The Labute approximate surface area is 374 Å². The van der Waals surface area contributed by atoms with E-state index in [4.69, 9.17) is 4.42 Å². The lowest BCUT2D eigenvalue weighted by Crippen LogP contribution is -2.11. The van der Waals surface area contributed by atoms with Gasteiger partial charge >= 0.3 is 0 Å². The Morgan fingerprint density at radius 1 is 0.266 bits per heavy atom. The zero-order valence-corrected chi connectivity index (χ0v) is 35.2. The van der Waals surface area contributed by atoms with Crippen molar-refractivity contribution in [1.82, 2.24) is 0 Å². The summed E-state index contributed by atoms with van der Waals surface area (Å²) >= 11 is 0. The van der Waals surface area contributed by atoms with Crippen molar-refractivity contribution in [2.75, 3.05) is 4.90 Å². The topological polar surface area (TPSA) is 16.4 Å². The molecule has 0 bridgehead atoms. The van der Waals surface area contributed by atoms with Crippen molar-refractivity contribution in [3.8, 4) is 78.1 Å². The van der Waals surface area contributed by atoms with Gasteiger partial charge in [-0.05, 0) is 98.1 Å². The molecule has 10 aromatic carbocycles. The minimum atomic E-state index is 0.876. The minimum Gasteiger partial charge on any atom is -0.455 e. The average molecular weight is 818 g/mol. The monoisotopic (exact) mass is 817 g/mol. The van der Waals surface area contributed by atoms with Crippen LogP contribution in [-0.4, -0.2) is 0 Å². The van der Waals surface area contributed by atoms with Gasteiger partial charge in [-0.3, -0.25) is 0 Å². The van der Waals surface area contributed by atoms with E-state index in [1.54, 1.807) is 0 Å². The highest BCUT2D eigenvalue weighted by molar-refractivity contribution is 6.02. The third kappa shape index (κ3) is 7.59. The zero-order valence-electron chi connectivity index (χ0n) is 35.2. The maximum Gasteiger partial charge on any atom is 0.143 e. The Kier molecular flexibility index (Phi) is 10.3. The third-order valence-corrected chi connectivity index (χ3v) is 12.1. The molecule has 0 radical (unpaired) electrons. The number of rotatable bonds is 10. The number of hydrogen-bond acceptors (Lipinski definition) is 2. The van der Waals surface area contributed by atoms with Gasteiger partial charge in [-0.25, -0.2) is 0 Å². The molecule has 64 heavy (non-hydrogen) atoms. The standard InChI is InChI=1S/C62H43NO/c1-4-15-44(16-5-1)46-27-29-48(30-28-46)49-35-39-55(40-36-49)63(59-25-12-10-23-57(59)51-33-31-47(32-34-51)45-17-6-2-7-18-45)56-41-37-50(38-42-56)53-21-14-22-54(43-53)62-61(52-19-8-3-9-20-52)58-24-11-13-26-60(58)64-62/h1-43H. The summed E-state index contributed by atoms with van der Waals surface area (Å²) < 4.78 is 6.61. The molecule has 1 aromatic heterocycles. The van der Waals surface area contributed by atoms with Gasteiger partial charge in [-0.1, -0.05) is 218 Å². The summed E-state index contributed by atoms with van der Waals surface area (Å²) in [6.07, 6.45) is 0. The van der Waals surface area contributed by atoms with Gasteiger partial charge in [0.15, 0.2) is 0 Å². The molecule has 2 nitrogen and oxygen atoms in total. The summed E-state index contributed by atoms with van der Waals surface area (Å²) in [5.74, 6) is 0.876. The van der Waals surface area contributed by atoms with Gasteiger partial charge in [0.2, 0.25) is 0 Å². The number of anilines is 3. The lowest BCUT2D eigenvalue weighted by atomic mass is 9.96. The molecule has 0 saturated carbocycles. The largest absolute Gasteiger partial charge is 0.455 e. The van der Waals surface area contributed by atoms with Crippen LogP contribution in [0, 0.1) is 0 Å². The van der Waals surface area contributed by atoms with Crippen LogP contribution in [0.2, 0.25) is 0 Å². The molecule has 0 spiro atoms. The van der Waals surface area contributed by atoms with E-state index in [9.17, 15) is 0 Å². The van der Waals surface area contributed by atoms with Crippen molar-refractivity contribution < 1.29 is 4.42 Å². The first-order valence-corrected chi connectivity index (χ1v) is 21.8. The van der Waals surface area contributed by atoms with Crippen LogP contribution >= 0.6 is 0 Å². The molecule has 0 aliphatic rings. The summed E-state index contributed by atoms with van der Waals surface area (Å²) in [5.41, 5.74) is 19.2. The Bertz CT molecular complexity index is 3320. The maximum absolute atomic E-state index is 6.61. The molecule has 0 saturated heterocycles. The van der Waals surface area contributed by atoms with Crippen LogP contribution < -0.4 is 4.90 Å². The lowest BCUT2D eigenvalue weighted by molar-refractivity contribution is 0.632. The van der Waals surface area contributed by atoms with Crippen molar-refractivity contribution in [1.29, 1.82) is 0 Å². The maximum atomic E-state index is 6.61. The molecule has 11 aromatic rings. The van der Waals surface area contributed by atoms with Crippen molar-refractivity contribution in [3.05, 3.63) is 261 Å². The number of furan rings is 1. The van der Waals surface area contributed by atoms with Crippen LogP contribution in [0.4, 0.5) is 17.1 Å². The molecule has 11 rings (SSSR count). The van der Waals surface area contributed by atoms with Gasteiger partial charge in [0.1, 0.15) is 11.3 Å². The van der Waals surface area contributed by atoms with E-state index in [1.807, 2.05) is 12.1 Å². The fourth-order valence-electron chi connectivity index (χ4n) is 8.88. The quantitative estimate of drug-likeness (QED) is 0.137. The summed E-state index contributed by atoms with van der Waals surface area (Å²) in [4.78, 5) is 2.38.